The summed E-state index contributed by atoms with van der Waals surface area (Å²) in [6, 6.07) is 7.41. The second kappa shape index (κ2) is 4.34. The Kier molecular flexibility index (Phi) is 2.80. The summed E-state index contributed by atoms with van der Waals surface area (Å²) in [6.45, 7) is 1.96. The minimum Gasteiger partial charge on any atom is -0.253 e. The van der Waals surface area contributed by atoms with E-state index in [9.17, 15) is 0 Å². The van der Waals surface area contributed by atoms with Crippen LogP contribution < -0.4 is 0 Å². The van der Waals surface area contributed by atoms with Gasteiger partial charge in [-0.25, -0.2) is 9.97 Å². The van der Waals surface area contributed by atoms with Gasteiger partial charge in [-0.3, -0.25) is 4.99 Å². The third-order valence-corrected chi connectivity index (χ3v) is 3.22. The SMILES string of the molecule is CC1=Nc2c(Cl)nc(-c3cccc(Cl)c3)nc2C1. The predicted octanol–water partition coefficient (Wildman–Crippen LogP) is 4.10. The summed E-state index contributed by atoms with van der Waals surface area (Å²) in [7, 11) is 0. The first-order valence-electron chi connectivity index (χ1n) is 5.50. The Morgan fingerprint density at radius 2 is 2.00 bits per heavy atom. The second-order valence-corrected chi connectivity index (χ2v) is 4.96. The average molecular weight is 278 g/mol. The summed E-state index contributed by atoms with van der Waals surface area (Å²) in [5.74, 6) is 0.589. The van der Waals surface area contributed by atoms with Crippen LogP contribution in [0.25, 0.3) is 11.4 Å². The van der Waals surface area contributed by atoms with Gasteiger partial charge in [-0.1, -0.05) is 35.3 Å². The molecule has 0 radical (unpaired) electrons. The highest BCUT2D eigenvalue weighted by Crippen LogP contribution is 2.33. The lowest BCUT2D eigenvalue weighted by atomic mass is 10.2. The Bertz CT molecular complexity index is 665. The van der Waals surface area contributed by atoms with E-state index in [-0.39, 0.29) is 0 Å². The molecule has 1 aliphatic rings. The van der Waals surface area contributed by atoms with Gasteiger partial charge in [0.2, 0.25) is 0 Å². The van der Waals surface area contributed by atoms with E-state index in [1.54, 1.807) is 0 Å². The molecule has 2 aromatic rings. The number of fused-ring (bicyclic) bond motifs is 1. The summed E-state index contributed by atoms with van der Waals surface area (Å²) in [5, 5.41) is 1.05. The molecule has 0 fully saturated rings. The highest BCUT2D eigenvalue weighted by molar-refractivity contribution is 6.32. The van der Waals surface area contributed by atoms with Gasteiger partial charge in [0.25, 0.3) is 0 Å². The van der Waals surface area contributed by atoms with Gasteiger partial charge < -0.3 is 0 Å². The maximum absolute atomic E-state index is 6.14. The lowest BCUT2D eigenvalue weighted by molar-refractivity contribution is 1.10. The molecule has 3 rings (SSSR count). The highest BCUT2D eigenvalue weighted by Gasteiger charge is 2.19. The van der Waals surface area contributed by atoms with E-state index in [2.05, 4.69) is 15.0 Å². The quantitative estimate of drug-likeness (QED) is 0.736. The molecular weight excluding hydrogens is 269 g/mol. The molecular formula is C13H9Cl2N3. The Balaban J connectivity index is 2.12. The van der Waals surface area contributed by atoms with Gasteiger partial charge in [-0.15, -0.1) is 0 Å². The first-order chi connectivity index (χ1) is 8.63. The van der Waals surface area contributed by atoms with Gasteiger partial charge in [0, 0.05) is 22.7 Å². The van der Waals surface area contributed by atoms with Crippen LogP contribution in [0.3, 0.4) is 0 Å². The smallest absolute Gasteiger partial charge is 0.161 e. The van der Waals surface area contributed by atoms with Crippen molar-refractivity contribution in [3.8, 4) is 11.4 Å². The molecule has 5 heteroatoms. The fraction of sp³-hybridized carbons (Fsp3) is 0.154. The highest BCUT2D eigenvalue weighted by atomic mass is 35.5. The number of halogens is 2. The molecule has 0 atom stereocenters. The van der Waals surface area contributed by atoms with Crippen LogP contribution in [0.2, 0.25) is 10.2 Å². The largest absolute Gasteiger partial charge is 0.253 e. The topological polar surface area (TPSA) is 38.1 Å². The molecule has 0 saturated carbocycles. The Labute approximate surface area is 115 Å². The zero-order valence-corrected chi connectivity index (χ0v) is 11.1. The molecule has 0 amide bonds. The van der Waals surface area contributed by atoms with Crippen LogP contribution in [0.5, 0.6) is 0 Å². The van der Waals surface area contributed by atoms with E-state index in [1.807, 2.05) is 31.2 Å². The predicted molar refractivity (Wildman–Crippen MR) is 74.0 cm³/mol. The number of rotatable bonds is 1. The summed E-state index contributed by atoms with van der Waals surface area (Å²) in [5.41, 5.74) is 3.43. The molecule has 1 aliphatic heterocycles. The third kappa shape index (κ3) is 2.00. The molecule has 0 aliphatic carbocycles. The second-order valence-electron chi connectivity index (χ2n) is 4.17. The van der Waals surface area contributed by atoms with Crippen molar-refractivity contribution in [2.24, 2.45) is 4.99 Å². The van der Waals surface area contributed by atoms with E-state index in [0.29, 0.717) is 21.7 Å². The Hall–Kier alpha value is -1.45. The van der Waals surface area contributed by atoms with Crippen LogP contribution in [0, 0.1) is 0 Å². The van der Waals surface area contributed by atoms with Gasteiger partial charge in [-0.05, 0) is 19.1 Å². The zero-order valence-electron chi connectivity index (χ0n) is 9.61. The van der Waals surface area contributed by atoms with Crippen molar-refractivity contribution >= 4 is 34.6 Å². The molecule has 3 nitrogen and oxygen atoms in total. The fourth-order valence-corrected chi connectivity index (χ4v) is 2.36. The summed E-state index contributed by atoms with van der Waals surface area (Å²) in [6.07, 6.45) is 0.727. The van der Waals surface area contributed by atoms with E-state index < -0.39 is 0 Å². The molecule has 0 bridgehead atoms. The number of benzene rings is 1. The first kappa shape index (κ1) is 11.6. The van der Waals surface area contributed by atoms with Crippen LogP contribution in [0.4, 0.5) is 5.69 Å². The van der Waals surface area contributed by atoms with E-state index in [1.165, 1.54) is 0 Å². The minimum absolute atomic E-state index is 0.395. The van der Waals surface area contributed by atoms with Gasteiger partial charge in [-0.2, -0.15) is 0 Å². The van der Waals surface area contributed by atoms with E-state index in [4.69, 9.17) is 23.2 Å². The Morgan fingerprint density at radius 1 is 1.17 bits per heavy atom. The normalized spacial score (nSPS) is 13.4. The van der Waals surface area contributed by atoms with Gasteiger partial charge in [0.05, 0.1) is 5.69 Å². The monoisotopic (exact) mass is 277 g/mol. The number of hydrogen-bond acceptors (Lipinski definition) is 3. The molecule has 0 unspecified atom stereocenters. The van der Waals surface area contributed by atoms with E-state index >= 15 is 0 Å². The first-order valence-corrected chi connectivity index (χ1v) is 6.25. The van der Waals surface area contributed by atoms with Crippen LogP contribution in [-0.2, 0) is 6.42 Å². The molecule has 0 N–H and O–H groups in total. The third-order valence-electron chi connectivity index (χ3n) is 2.72. The van der Waals surface area contributed by atoms with Crippen LogP contribution in [-0.4, -0.2) is 15.7 Å². The van der Waals surface area contributed by atoms with Crippen LogP contribution in [0.15, 0.2) is 29.3 Å². The van der Waals surface area contributed by atoms with Crippen molar-refractivity contribution < 1.29 is 0 Å². The maximum Gasteiger partial charge on any atom is 0.161 e. The summed E-state index contributed by atoms with van der Waals surface area (Å²) >= 11 is 12.1. The fourth-order valence-electron chi connectivity index (χ4n) is 1.93. The van der Waals surface area contributed by atoms with Crippen LogP contribution >= 0.6 is 23.2 Å². The number of nitrogens with zero attached hydrogens (tertiary/aromatic N) is 3. The average Bonchev–Trinajstić information content (AvgIpc) is 2.70. The number of hydrogen-bond donors (Lipinski definition) is 0. The minimum atomic E-state index is 0.395. The van der Waals surface area contributed by atoms with Gasteiger partial charge in [0.1, 0.15) is 5.69 Å². The van der Waals surface area contributed by atoms with E-state index in [0.717, 1.165) is 23.4 Å². The summed E-state index contributed by atoms with van der Waals surface area (Å²) < 4.78 is 0. The molecule has 18 heavy (non-hydrogen) atoms. The van der Waals surface area contributed by atoms with Crippen molar-refractivity contribution in [2.75, 3.05) is 0 Å². The van der Waals surface area contributed by atoms with Gasteiger partial charge in [0.15, 0.2) is 11.0 Å². The lowest BCUT2D eigenvalue weighted by Crippen LogP contribution is -1.96. The van der Waals surface area contributed by atoms with Crippen molar-refractivity contribution in [2.45, 2.75) is 13.3 Å². The molecule has 1 aromatic heterocycles. The zero-order chi connectivity index (χ0) is 12.7. The maximum atomic E-state index is 6.14. The molecule has 90 valence electrons. The lowest BCUT2D eigenvalue weighted by Gasteiger charge is -2.04. The molecule has 0 spiro atoms. The summed E-state index contributed by atoms with van der Waals surface area (Å²) in [4.78, 5) is 13.1. The Morgan fingerprint density at radius 3 is 2.78 bits per heavy atom. The standard InChI is InChI=1S/C13H9Cl2N3/c1-7-5-10-11(16-7)12(15)18-13(17-10)8-3-2-4-9(14)6-8/h2-4,6H,5H2,1H3. The molecule has 1 aromatic carbocycles. The van der Waals surface area contributed by atoms with Crippen molar-refractivity contribution in [1.82, 2.24) is 9.97 Å². The number of aliphatic imine (C=N–C) groups is 1. The molecule has 0 saturated heterocycles. The van der Waals surface area contributed by atoms with Crippen molar-refractivity contribution in [3.63, 3.8) is 0 Å². The van der Waals surface area contributed by atoms with Crippen molar-refractivity contribution in [1.29, 1.82) is 0 Å². The van der Waals surface area contributed by atoms with Crippen molar-refractivity contribution in [3.05, 3.63) is 40.1 Å². The van der Waals surface area contributed by atoms with Gasteiger partial charge >= 0.3 is 0 Å². The van der Waals surface area contributed by atoms with Crippen LogP contribution in [0.1, 0.15) is 12.6 Å². The number of aromatic nitrogens is 2. The molecule has 2 heterocycles.